The largest absolute Gasteiger partial charge is 0.293 e. The highest BCUT2D eigenvalue weighted by Gasteiger charge is 2.40. The Balaban J connectivity index is 1.58. The summed E-state index contributed by atoms with van der Waals surface area (Å²) in [6, 6.07) is 9.94. The summed E-state index contributed by atoms with van der Waals surface area (Å²) in [5.41, 5.74) is 1.20. The van der Waals surface area contributed by atoms with E-state index in [0.717, 1.165) is 17.8 Å². The lowest BCUT2D eigenvalue weighted by atomic mass is 10.1. The molecule has 8 heteroatoms. The molecule has 0 saturated heterocycles. The Hall–Kier alpha value is -1.80. The maximum atomic E-state index is 12.0. The number of sulfonamides is 1. The van der Waals surface area contributed by atoms with Crippen molar-refractivity contribution in [1.82, 2.24) is 14.9 Å². The first-order valence-corrected chi connectivity index (χ1v) is 9.16. The quantitative estimate of drug-likeness (QED) is 0.899. The minimum atomic E-state index is -3.89. The van der Waals surface area contributed by atoms with Crippen molar-refractivity contribution in [2.24, 2.45) is 5.92 Å². The van der Waals surface area contributed by atoms with Crippen LogP contribution in [-0.4, -0.2) is 24.5 Å². The third kappa shape index (κ3) is 3.33. The molecule has 116 valence electrons. The van der Waals surface area contributed by atoms with Gasteiger partial charge in [-0.15, -0.1) is 10.2 Å². The third-order valence-corrected chi connectivity index (χ3v) is 6.16. The van der Waals surface area contributed by atoms with Gasteiger partial charge in [-0.2, -0.15) is 8.42 Å². The molecular formula is C14H15N3O3S2. The zero-order valence-electron chi connectivity index (χ0n) is 11.9. The molecule has 1 aliphatic carbocycles. The Labute approximate surface area is 132 Å². The van der Waals surface area contributed by atoms with Crippen LogP contribution in [0, 0.1) is 12.8 Å². The van der Waals surface area contributed by atoms with Crippen LogP contribution >= 0.6 is 11.3 Å². The molecule has 1 amide bonds. The summed E-state index contributed by atoms with van der Waals surface area (Å²) in [5.74, 6) is 0.0588. The molecule has 2 aromatic rings. The topological polar surface area (TPSA) is 89.0 Å². The van der Waals surface area contributed by atoms with E-state index in [2.05, 4.69) is 14.9 Å². The van der Waals surface area contributed by atoms with Gasteiger partial charge >= 0.3 is 0 Å². The third-order valence-electron chi connectivity index (χ3n) is 3.58. The van der Waals surface area contributed by atoms with Gasteiger partial charge in [0.1, 0.15) is 5.01 Å². The first-order chi connectivity index (χ1) is 10.5. The number of aromatic nitrogens is 2. The molecule has 22 heavy (non-hydrogen) atoms. The molecule has 1 aromatic carbocycles. The van der Waals surface area contributed by atoms with Gasteiger partial charge in [0.25, 0.3) is 14.4 Å². The molecule has 2 atom stereocenters. The van der Waals surface area contributed by atoms with Crippen molar-refractivity contribution < 1.29 is 13.2 Å². The summed E-state index contributed by atoms with van der Waals surface area (Å²) in [7, 11) is -3.89. The van der Waals surface area contributed by atoms with Gasteiger partial charge in [-0.25, -0.2) is 4.72 Å². The van der Waals surface area contributed by atoms with E-state index in [4.69, 9.17) is 0 Å². The number of carbonyl (C=O) groups is 1. The van der Waals surface area contributed by atoms with Gasteiger partial charge in [0.2, 0.25) is 5.91 Å². The smallest absolute Gasteiger partial charge is 0.274 e. The molecule has 3 rings (SSSR count). The Morgan fingerprint density at radius 1 is 1.32 bits per heavy atom. The minimum absolute atomic E-state index is 0.172. The van der Waals surface area contributed by atoms with Crippen molar-refractivity contribution in [3.63, 3.8) is 0 Å². The number of rotatable bonds is 5. The van der Waals surface area contributed by atoms with Crippen molar-refractivity contribution >= 4 is 27.3 Å². The van der Waals surface area contributed by atoms with Crippen LogP contribution in [0.2, 0.25) is 0 Å². The maximum absolute atomic E-state index is 12.0. The van der Waals surface area contributed by atoms with Crippen molar-refractivity contribution in [3.05, 3.63) is 40.9 Å². The highest BCUT2D eigenvalue weighted by molar-refractivity contribution is 7.92. The summed E-state index contributed by atoms with van der Waals surface area (Å²) in [4.78, 5) is 11.9. The SMILES string of the molecule is Cc1nnc(S(=O)(=O)NC(=O)C[C@@H]2C[C@H]2c2ccccc2)s1. The number of nitrogens with one attached hydrogen (secondary N) is 1. The van der Waals surface area contributed by atoms with Gasteiger partial charge < -0.3 is 0 Å². The van der Waals surface area contributed by atoms with Crippen LogP contribution in [0.3, 0.4) is 0 Å². The molecule has 1 aromatic heterocycles. The Morgan fingerprint density at radius 2 is 2.05 bits per heavy atom. The van der Waals surface area contributed by atoms with Gasteiger partial charge in [0.05, 0.1) is 0 Å². The van der Waals surface area contributed by atoms with E-state index in [9.17, 15) is 13.2 Å². The summed E-state index contributed by atoms with van der Waals surface area (Å²) < 4.78 is 25.9. The van der Waals surface area contributed by atoms with E-state index in [1.807, 2.05) is 30.3 Å². The van der Waals surface area contributed by atoms with Gasteiger partial charge in [0.15, 0.2) is 0 Å². The lowest BCUT2D eigenvalue weighted by Gasteiger charge is -2.04. The average molecular weight is 337 g/mol. The van der Waals surface area contributed by atoms with Crippen molar-refractivity contribution in [1.29, 1.82) is 0 Å². The summed E-state index contributed by atoms with van der Waals surface area (Å²) in [6.45, 7) is 1.66. The first kappa shape index (κ1) is 15.1. The number of amides is 1. The van der Waals surface area contributed by atoms with E-state index in [1.165, 1.54) is 5.56 Å². The van der Waals surface area contributed by atoms with Crippen LogP contribution in [0.5, 0.6) is 0 Å². The van der Waals surface area contributed by atoms with E-state index in [-0.39, 0.29) is 16.7 Å². The number of hydrogen-bond donors (Lipinski definition) is 1. The van der Waals surface area contributed by atoms with Crippen molar-refractivity contribution in [3.8, 4) is 0 Å². The Morgan fingerprint density at radius 3 is 2.68 bits per heavy atom. The molecule has 1 fully saturated rings. The van der Waals surface area contributed by atoms with Crippen LogP contribution in [0.4, 0.5) is 0 Å². The minimum Gasteiger partial charge on any atom is -0.274 e. The van der Waals surface area contributed by atoms with Crippen LogP contribution < -0.4 is 4.72 Å². The van der Waals surface area contributed by atoms with Crippen molar-refractivity contribution in [2.45, 2.75) is 30.0 Å². The lowest BCUT2D eigenvalue weighted by Crippen LogP contribution is -2.30. The van der Waals surface area contributed by atoms with Crippen molar-refractivity contribution in [2.75, 3.05) is 0 Å². The van der Waals surface area contributed by atoms with Gasteiger partial charge in [-0.05, 0) is 30.7 Å². The molecule has 0 radical (unpaired) electrons. The molecule has 1 saturated carbocycles. The fourth-order valence-corrected chi connectivity index (χ4v) is 4.40. The van der Waals surface area contributed by atoms with Gasteiger partial charge in [-0.1, -0.05) is 41.7 Å². The van der Waals surface area contributed by atoms with Crippen LogP contribution in [0.1, 0.15) is 29.3 Å². The zero-order valence-corrected chi connectivity index (χ0v) is 13.5. The predicted octanol–water partition coefficient (Wildman–Crippen LogP) is 1.85. The number of carbonyl (C=O) groups excluding carboxylic acids is 1. The van der Waals surface area contributed by atoms with Crippen LogP contribution in [-0.2, 0) is 14.8 Å². The molecule has 0 spiro atoms. The second kappa shape index (κ2) is 5.77. The molecule has 6 nitrogen and oxygen atoms in total. The lowest BCUT2D eigenvalue weighted by molar-refractivity contribution is -0.119. The summed E-state index contributed by atoms with van der Waals surface area (Å²) >= 11 is 0.944. The Bertz CT molecular complexity index is 787. The fourth-order valence-electron chi connectivity index (χ4n) is 2.44. The van der Waals surface area contributed by atoms with E-state index in [1.54, 1.807) is 6.92 Å². The molecule has 1 aliphatic rings. The second-order valence-electron chi connectivity index (χ2n) is 5.33. The highest BCUT2D eigenvalue weighted by atomic mass is 32.2. The van der Waals surface area contributed by atoms with E-state index >= 15 is 0 Å². The van der Waals surface area contributed by atoms with Gasteiger partial charge in [0, 0.05) is 6.42 Å². The maximum Gasteiger partial charge on any atom is 0.293 e. The molecular weight excluding hydrogens is 322 g/mol. The van der Waals surface area contributed by atoms with E-state index < -0.39 is 15.9 Å². The first-order valence-electron chi connectivity index (χ1n) is 6.86. The normalized spacial score (nSPS) is 20.6. The number of aryl methyl sites for hydroxylation is 1. The monoisotopic (exact) mass is 337 g/mol. The number of benzene rings is 1. The number of nitrogens with zero attached hydrogens (tertiary/aromatic N) is 2. The molecule has 0 unspecified atom stereocenters. The zero-order chi connectivity index (χ0) is 15.7. The van der Waals surface area contributed by atoms with Crippen LogP contribution in [0.15, 0.2) is 34.7 Å². The number of hydrogen-bond acceptors (Lipinski definition) is 6. The summed E-state index contributed by atoms with van der Waals surface area (Å²) in [5, 5.41) is 7.76. The average Bonchev–Trinajstić information content (AvgIpc) is 3.08. The summed E-state index contributed by atoms with van der Waals surface area (Å²) in [6.07, 6.45) is 1.12. The van der Waals surface area contributed by atoms with Gasteiger partial charge in [-0.3, -0.25) is 4.79 Å². The van der Waals surface area contributed by atoms with Crippen LogP contribution in [0.25, 0.3) is 0 Å². The standard InChI is InChI=1S/C14H15N3O3S2/c1-9-15-16-14(21-9)22(19,20)17-13(18)8-11-7-12(11)10-5-3-2-4-6-10/h2-6,11-12H,7-8H2,1H3,(H,17,18)/t11-,12-/m0/s1. The molecule has 0 bridgehead atoms. The van der Waals surface area contributed by atoms with E-state index in [0.29, 0.717) is 10.9 Å². The fraction of sp³-hybridized carbons (Fsp3) is 0.357. The Kier molecular flexibility index (Phi) is 3.96. The molecule has 1 N–H and O–H groups in total. The second-order valence-corrected chi connectivity index (χ2v) is 8.37. The molecule has 1 heterocycles. The highest BCUT2D eigenvalue weighted by Crippen LogP contribution is 2.49. The predicted molar refractivity (Wildman–Crippen MR) is 81.9 cm³/mol. The molecule has 0 aliphatic heterocycles.